The van der Waals surface area contributed by atoms with Gasteiger partial charge in [-0.25, -0.2) is 0 Å². The van der Waals surface area contributed by atoms with Gasteiger partial charge in [0.05, 0.1) is 19.6 Å². The number of hydrogen-bond donors (Lipinski definition) is 0. The number of ether oxygens (including phenoxy) is 2. The third kappa shape index (κ3) is 5.34. The van der Waals surface area contributed by atoms with E-state index >= 15 is 0 Å². The molecular formula is C35H45N2O2+. The molecule has 0 bridgehead atoms. The van der Waals surface area contributed by atoms with Gasteiger partial charge in [0, 0.05) is 47.5 Å². The SMILES string of the molecule is CCCN1C(=CC=CC=CC=CC2=[N+](CCC)c3ccc(OC)cc3C2(C)C)C(C)(C)c2cc(OC)ccc21. The van der Waals surface area contributed by atoms with Crippen molar-refractivity contribution in [3.05, 3.63) is 95.8 Å². The van der Waals surface area contributed by atoms with Crippen molar-refractivity contribution in [2.75, 3.05) is 32.2 Å². The zero-order chi connectivity index (χ0) is 28.2. The van der Waals surface area contributed by atoms with E-state index in [4.69, 9.17) is 9.47 Å². The highest BCUT2D eigenvalue weighted by Crippen LogP contribution is 2.49. The minimum absolute atomic E-state index is 0.0852. The zero-order valence-corrected chi connectivity index (χ0v) is 25.0. The van der Waals surface area contributed by atoms with Crippen molar-refractivity contribution in [2.45, 2.75) is 65.2 Å². The molecule has 0 radical (unpaired) electrons. The van der Waals surface area contributed by atoms with Crippen LogP contribution in [0.1, 0.15) is 65.5 Å². The monoisotopic (exact) mass is 525 g/mol. The first-order valence-electron chi connectivity index (χ1n) is 14.2. The summed E-state index contributed by atoms with van der Waals surface area (Å²) in [6, 6.07) is 12.9. The van der Waals surface area contributed by atoms with Crippen molar-refractivity contribution in [3.63, 3.8) is 0 Å². The molecule has 0 aliphatic carbocycles. The Bertz CT molecular complexity index is 1350. The van der Waals surface area contributed by atoms with Crippen LogP contribution in [0.2, 0.25) is 0 Å². The molecule has 0 fully saturated rings. The van der Waals surface area contributed by atoms with Crippen molar-refractivity contribution in [2.24, 2.45) is 0 Å². The lowest BCUT2D eigenvalue weighted by atomic mass is 9.81. The minimum atomic E-state index is -0.0852. The van der Waals surface area contributed by atoms with Crippen LogP contribution in [0.25, 0.3) is 0 Å². The molecule has 2 aliphatic rings. The number of fused-ring (bicyclic) bond motifs is 2. The lowest BCUT2D eigenvalue weighted by Crippen LogP contribution is -2.27. The van der Waals surface area contributed by atoms with E-state index in [9.17, 15) is 0 Å². The predicted molar refractivity (Wildman–Crippen MR) is 165 cm³/mol. The molecule has 39 heavy (non-hydrogen) atoms. The molecule has 4 heteroatoms. The standard InChI is InChI=1S/C35H45N2O2/c1-9-22-36-30-20-18-26(38-7)24-28(30)34(3,4)32(36)16-14-12-11-13-15-17-33-35(5,6)29-25-27(39-8)19-21-31(29)37(33)23-10-2/h11-21,24-25H,9-10,22-23H2,1-8H3/q+1. The summed E-state index contributed by atoms with van der Waals surface area (Å²) >= 11 is 0. The van der Waals surface area contributed by atoms with Gasteiger partial charge < -0.3 is 14.4 Å². The largest absolute Gasteiger partial charge is 0.497 e. The number of methoxy groups -OCH3 is 2. The van der Waals surface area contributed by atoms with E-state index in [1.807, 2.05) is 0 Å². The van der Waals surface area contributed by atoms with Crippen molar-refractivity contribution >= 4 is 17.1 Å². The summed E-state index contributed by atoms with van der Waals surface area (Å²) in [6.07, 6.45) is 17.4. The van der Waals surface area contributed by atoms with Gasteiger partial charge >= 0.3 is 0 Å². The third-order valence-corrected chi connectivity index (χ3v) is 8.05. The summed E-state index contributed by atoms with van der Waals surface area (Å²) in [7, 11) is 3.47. The molecule has 0 saturated carbocycles. The third-order valence-electron chi connectivity index (χ3n) is 8.05. The fraction of sp³-hybridized carbons (Fsp3) is 0.400. The van der Waals surface area contributed by atoms with Gasteiger partial charge in [-0.15, -0.1) is 0 Å². The van der Waals surface area contributed by atoms with Crippen LogP contribution >= 0.6 is 0 Å². The number of nitrogens with zero attached hydrogens (tertiary/aromatic N) is 2. The fourth-order valence-corrected chi connectivity index (χ4v) is 5.98. The number of rotatable bonds is 10. The van der Waals surface area contributed by atoms with Gasteiger partial charge in [0.1, 0.15) is 18.0 Å². The Morgan fingerprint density at radius 3 is 2.08 bits per heavy atom. The first kappa shape index (κ1) is 28.5. The summed E-state index contributed by atoms with van der Waals surface area (Å²) < 4.78 is 13.5. The van der Waals surface area contributed by atoms with E-state index in [1.54, 1.807) is 14.2 Å². The second-order valence-corrected chi connectivity index (χ2v) is 11.4. The topological polar surface area (TPSA) is 24.7 Å². The Labute approximate surface area is 235 Å². The van der Waals surface area contributed by atoms with E-state index in [1.165, 1.54) is 33.9 Å². The van der Waals surface area contributed by atoms with Crippen molar-refractivity contribution in [1.82, 2.24) is 0 Å². The van der Waals surface area contributed by atoms with Crippen molar-refractivity contribution in [1.29, 1.82) is 0 Å². The normalized spacial score (nSPS) is 18.7. The number of allylic oxidation sites excluding steroid dienone is 8. The predicted octanol–water partition coefficient (Wildman–Crippen LogP) is 8.25. The summed E-state index contributed by atoms with van der Waals surface area (Å²) in [5, 5.41) is 0. The summed E-state index contributed by atoms with van der Waals surface area (Å²) in [6.45, 7) is 15.7. The Kier molecular flexibility index (Phi) is 8.54. The molecule has 0 aromatic heterocycles. The molecule has 0 atom stereocenters. The van der Waals surface area contributed by atoms with Crippen LogP contribution in [0.15, 0.2) is 84.6 Å². The van der Waals surface area contributed by atoms with Gasteiger partial charge in [-0.2, -0.15) is 4.58 Å². The maximum Gasteiger partial charge on any atom is 0.210 e. The molecule has 0 unspecified atom stereocenters. The van der Waals surface area contributed by atoms with Crippen LogP contribution in [-0.2, 0) is 10.8 Å². The summed E-state index contributed by atoms with van der Waals surface area (Å²) in [5.41, 5.74) is 7.68. The molecule has 4 nitrogen and oxygen atoms in total. The number of benzene rings is 2. The van der Waals surface area contributed by atoms with Crippen molar-refractivity contribution in [3.8, 4) is 11.5 Å². The highest BCUT2D eigenvalue weighted by atomic mass is 16.5. The van der Waals surface area contributed by atoms with E-state index in [-0.39, 0.29) is 10.8 Å². The molecular weight excluding hydrogens is 480 g/mol. The van der Waals surface area contributed by atoms with E-state index < -0.39 is 0 Å². The van der Waals surface area contributed by atoms with E-state index in [0.29, 0.717) is 0 Å². The molecule has 0 saturated heterocycles. The maximum absolute atomic E-state index is 5.52. The molecule has 4 rings (SSSR count). The maximum atomic E-state index is 5.52. The van der Waals surface area contributed by atoms with Crippen molar-refractivity contribution < 1.29 is 14.0 Å². The number of hydrogen-bond acceptors (Lipinski definition) is 3. The van der Waals surface area contributed by atoms with Crippen LogP contribution < -0.4 is 14.4 Å². The zero-order valence-electron chi connectivity index (χ0n) is 25.0. The smallest absolute Gasteiger partial charge is 0.210 e. The lowest BCUT2D eigenvalue weighted by Gasteiger charge is -2.26. The Morgan fingerprint density at radius 2 is 1.41 bits per heavy atom. The van der Waals surface area contributed by atoms with E-state index in [2.05, 4.69) is 130 Å². The highest BCUT2D eigenvalue weighted by Gasteiger charge is 2.44. The Morgan fingerprint density at radius 1 is 0.769 bits per heavy atom. The molecule has 0 amide bonds. The van der Waals surface area contributed by atoms with Gasteiger partial charge in [-0.05, 0) is 62.2 Å². The second-order valence-electron chi connectivity index (χ2n) is 11.4. The molecule has 0 N–H and O–H groups in total. The summed E-state index contributed by atoms with van der Waals surface area (Å²) in [5.74, 6) is 1.82. The quantitative estimate of drug-likeness (QED) is 0.231. The molecule has 2 aliphatic heterocycles. The number of anilines is 1. The van der Waals surface area contributed by atoms with Crippen LogP contribution in [-0.4, -0.2) is 37.6 Å². The van der Waals surface area contributed by atoms with Crippen LogP contribution in [0.5, 0.6) is 11.5 Å². The minimum Gasteiger partial charge on any atom is -0.497 e. The van der Waals surface area contributed by atoms with E-state index in [0.717, 1.165) is 37.4 Å². The first-order chi connectivity index (χ1) is 18.7. The second kappa shape index (κ2) is 11.7. The molecule has 2 heterocycles. The molecule has 206 valence electrons. The molecule has 2 aromatic carbocycles. The van der Waals surface area contributed by atoms with Gasteiger partial charge in [-0.1, -0.05) is 58.1 Å². The van der Waals surface area contributed by atoms with Crippen LogP contribution in [0.4, 0.5) is 11.4 Å². The van der Waals surface area contributed by atoms with Gasteiger partial charge in [0.25, 0.3) is 0 Å². The fourth-order valence-electron chi connectivity index (χ4n) is 5.98. The molecule has 0 spiro atoms. The van der Waals surface area contributed by atoms with Crippen LogP contribution in [0, 0.1) is 0 Å². The molecule has 2 aromatic rings. The van der Waals surface area contributed by atoms with Crippen LogP contribution in [0.3, 0.4) is 0 Å². The lowest BCUT2D eigenvalue weighted by molar-refractivity contribution is -0.437. The average Bonchev–Trinajstić information content (AvgIpc) is 3.26. The highest BCUT2D eigenvalue weighted by molar-refractivity contribution is 6.03. The average molecular weight is 526 g/mol. The van der Waals surface area contributed by atoms with Gasteiger partial charge in [0.2, 0.25) is 5.69 Å². The Balaban J connectivity index is 1.53. The van der Waals surface area contributed by atoms with Gasteiger partial charge in [-0.3, -0.25) is 0 Å². The van der Waals surface area contributed by atoms with Gasteiger partial charge in [0.15, 0.2) is 5.71 Å². The first-order valence-corrected chi connectivity index (χ1v) is 14.2. The summed E-state index contributed by atoms with van der Waals surface area (Å²) in [4.78, 5) is 2.45. The Hall–Kier alpha value is -3.53.